The highest BCUT2D eigenvalue weighted by Crippen LogP contribution is 2.31. The lowest BCUT2D eigenvalue weighted by Gasteiger charge is -2.21. The molecule has 1 heterocycles. The molecule has 0 saturated heterocycles. The summed E-state index contributed by atoms with van der Waals surface area (Å²) in [4.78, 5) is 1.89. The number of halogens is 1. The van der Waals surface area contributed by atoms with Gasteiger partial charge in [0.15, 0.2) is 11.6 Å². The van der Waals surface area contributed by atoms with Crippen molar-refractivity contribution in [3.8, 4) is 5.75 Å². The molecule has 0 amide bonds. The highest BCUT2D eigenvalue weighted by Gasteiger charge is 2.13. The molecule has 2 aromatic rings. The van der Waals surface area contributed by atoms with Gasteiger partial charge in [0.25, 0.3) is 0 Å². The Labute approximate surface area is 111 Å². The van der Waals surface area contributed by atoms with Crippen LogP contribution in [0.5, 0.6) is 5.75 Å². The minimum Gasteiger partial charge on any atom is -0.491 e. The monoisotopic (exact) mass is 264 g/mol. The van der Waals surface area contributed by atoms with Gasteiger partial charge in [-0.05, 0) is 19.1 Å². The number of nitrogens with two attached hydrogens (primary N) is 1. The molecule has 0 atom stereocenters. The van der Waals surface area contributed by atoms with Crippen molar-refractivity contribution in [2.24, 2.45) is 0 Å². The van der Waals surface area contributed by atoms with E-state index in [2.05, 4.69) is 0 Å². The van der Waals surface area contributed by atoms with Gasteiger partial charge in [-0.15, -0.1) is 0 Å². The maximum Gasteiger partial charge on any atom is 0.167 e. The molecule has 0 radical (unpaired) electrons. The van der Waals surface area contributed by atoms with Crippen molar-refractivity contribution in [1.29, 1.82) is 0 Å². The number of nitrogen functional groups attached to an aromatic ring is 1. The minimum absolute atomic E-state index is 0.206. The Morgan fingerprint density at radius 1 is 1.42 bits per heavy atom. The molecule has 0 aliphatic rings. The maximum absolute atomic E-state index is 13.6. The van der Waals surface area contributed by atoms with Gasteiger partial charge in [-0.25, -0.2) is 4.39 Å². The molecule has 0 unspecified atom stereocenters. The fourth-order valence-corrected chi connectivity index (χ4v) is 1.88. The quantitative estimate of drug-likeness (QED) is 0.843. The summed E-state index contributed by atoms with van der Waals surface area (Å²) in [5, 5.41) is 0. The Balaban J connectivity index is 2.25. The largest absolute Gasteiger partial charge is 0.491 e. The number of ether oxygens (including phenoxy) is 1. The molecule has 0 spiro atoms. The number of furan rings is 1. The number of hydrogen-bond acceptors (Lipinski definition) is 4. The van der Waals surface area contributed by atoms with Gasteiger partial charge in [0.1, 0.15) is 5.76 Å². The number of anilines is 2. The molecular formula is C14H17FN2O2. The molecule has 0 aliphatic heterocycles. The first-order valence-electron chi connectivity index (χ1n) is 6.07. The van der Waals surface area contributed by atoms with Crippen molar-refractivity contribution in [3.63, 3.8) is 0 Å². The van der Waals surface area contributed by atoms with E-state index in [0.717, 1.165) is 5.76 Å². The van der Waals surface area contributed by atoms with Crippen molar-refractivity contribution < 1.29 is 13.5 Å². The van der Waals surface area contributed by atoms with Crippen LogP contribution in [0.1, 0.15) is 12.7 Å². The summed E-state index contributed by atoms with van der Waals surface area (Å²) in [7, 11) is 1.86. The van der Waals surface area contributed by atoms with Gasteiger partial charge in [-0.1, -0.05) is 0 Å². The Hall–Kier alpha value is -2.17. The lowest BCUT2D eigenvalue weighted by Crippen LogP contribution is -2.17. The van der Waals surface area contributed by atoms with Crippen LogP contribution in [-0.4, -0.2) is 13.7 Å². The predicted octanol–water partition coefficient (Wildman–Crippen LogP) is 3.04. The topological polar surface area (TPSA) is 51.6 Å². The molecule has 0 bridgehead atoms. The number of nitrogens with zero attached hydrogens (tertiary/aromatic N) is 1. The fraction of sp³-hybridized carbons (Fsp3) is 0.286. The normalized spacial score (nSPS) is 10.5. The van der Waals surface area contributed by atoms with Crippen LogP contribution >= 0.6 is 0 Å². The Bertz CT molecular complexity index is 541. The third kappa shape index (κ3) is 2.99. The van der Waals surface area contributed by atoms with E-state index in [0.29, 0.717) is 24.5 Å². The van der Waals surface area contributed by atoms with E-state index in [1.807, 2.05) is 31.0 Å². The van der Waals surface area contributed by atoms with Crippen LogP contribution < -0.4 is 15.4 Å². The van der Waals surface area contributed by atoms with Crippen LogP contribution in [0, 0.1) is 5.82 Å². The van der Waals surface area contributed by atoms with E-state index in [9.17, 15) is 4.39 Å². The Morgan fingerprint density at radius 2 is 2.21 bits per heavy atom. The van der Waals surface area contributed by atoms with E-state index in [1.165, 1.54) is 6.07 Å². The second kappa shape index (κ2) is 5.65. The Kier molecular flexibility index (Phi) is 3.94. The van der Waals surface area contributed by atoms with Crippen LogP contribution in [0.2, 0.25) is 0 Å². The van der Waals surface area contributed by atoms with Crippen LogP contribution in [0.4, 0.5) is 15.8 Å². The highest BCUT2D eigenvalue weighted by molar-refractivity contribution is 5.69. The molecule has 1 aromatic carbocycles. The summed E-state index contributed by atoms with van der Waals surface area (Å²) in [6.07, 6.45) is 1.61. The first-order chi connectivity index (χ1) is 9.11. The van der Waals surface area contributed by atoms with Crippen molar-refractivity contribution in [1.82, 2.24) is 0 Å². The molecular weight excluding hydrogens is 247 g/mol. The van der Waals surface area contributed by atoms with E-state index in [1.54, 1.807) is 12.3 Å². The predicted molar refractivity (Wildman–Crippen MR) is 72.8 cm³/mol. The van der Waals surface area contributed by atoms with Gasteiger partial charge in [0.2, 0.25) is 0 Å². The van der Waals surface area contributed by atoms with Crippen LogP contribution in [0.3, 0.4) is 0 Å². The molecule has 0 fully saturated rings. The van der Waals surface area contributed by atoms with E-state index >= 15 is 0 Å². The van der Waals surface area contributed by atoms with Gasteiger partial charge in [-0.2, -0.15) is 0 Å². The zero-order valence-corrected chi connectivity index (χ0v) is 11.0. The second-order valence-corrected chi connectivity index (χ2v) is 4.21. The van der Waals surface area contributed by atoms with Crippen LogP contribution in [0.15, 0.2) is 34.9 Å². The van der Waals surface area contributed by atoms with Crippen LogP contribution in [0.25, 0.3) is 0 Å². The molecule has 1 aromatic heterocycles. The molecule has 4 nitrogen and oxygen atoms in total. The van der Waals surface area contributed by atoms with Crippen molar-refractivity contribution >= 4 is 11.4 Å². The summed E-state index contributed by atoms with van der Waals surface area (Å²) in [5.74, 6) is 0.566. The molecule has 19 heavy (non-hydrogen) atoms. The van der Waals surface area contributed by atoms with E-state index in [-0.39, 0.29) is 5.75 Å². The lowest BCUT2D eigenvalue weighted by atomic mass is 10.2. The summed E-state index contributed by atoms with van der Waals surface area (Å²) < 4.78 is 24.1. The molecule has 5 heteroatoms. The summed E-state index contributed by atoms with van der Waals surface area (Å²) >= 11 is 0. The average Bonchev–Trinajstić information content (AvgIpc) is 2.85. The van der Waals surface area contributed by atoms with Crippen molar-refractivity contribution in [2.75, 3.05) is 24.3 Å². The third-order valence-electron chi connectivity index (χ3n) is 2.77. The lowest BCUT2D eigenvalue weighted by molar-refractivity contribution is 0.321. The summed E-state index contributed by atoms with van der Waals surface area (Å²) in [5.41, 5.74) is 6.93. The number of hydrogen-bond donors (Lipinski definition) is 1. The molecule has 0 saturated carbocycles. The van der Waals surface area contributed by atoms with Crippen LogP contribution in [-0.2, 0) is 6.54 Å². The van der Waals surface area contributed by atoms with Crippen molar-refractivity contribution in [2.45, 2.75) is 13.5 Å². The minimum atomic E-state index is -0.450. The van der Waals surface area contributed by atoms with E-state index < -0.39 is 5.82 Å². The standard InChI is InChI=1S/C14H17FN2O2/c1-3-18-14-8-13(12(16)7-11(14)15)17(2)9-10-5-4-6-19-10/h4-8H,3,9,16H2,1-2H3. The first kappa shape index (κ1) is 13.3. The van der Waals surface area contributed by atoms with Gasteiger partial charge in [0.05, 0.1) is 30.8 Å². The van der Waals surface area contributed by atoms with Crippen molar-refractivity contribution in [3.05, 3.63) is 42.1 Å². The number of rotatable bonds is 5. The van der Waals surface area contributed by atoms with Gasteiger partial charge in [0, 0.05) is 19.2 Å². The third-order valence-corrected chi connectivity index (χ3v) is 2.77. The molecule has 2 N–H and O–H groups in total. The second-order valence-electron chi connectivity index (χ2n) is 4.21. The number of benzene rings is 1. The van der Waals surface area contributed by atoms with Gasteiger partial charge < -0.3 is 19.8 Å². The molecule has 0 aliphatic carbocycles. The maximum atomic E-state index is 13.6. The zero-order valence-electron chi connectivity index (χ0n) is 11.0. The molecule has 102 valence electrons. The molecule has 2 rings (SSSR count). The van der Waals surface area contributed by atoms with E-state index in [4.69, 9.17) is 14.9 Å². The fourth-order valence-electron chi connectivity index (χ4n) is 1.88. The summed E-state index contributed by atoms with van der Waals surface area (Å²) in [6, 6.07) is 6.58. The summed E-state index contributed by atoms with van der Waals surface area (Å²) in [6.45, 7) is 2.76. The zero-order chi connectivity index (χ0) is 13.8. The Morgan fingerprint density at radius 3 is 2.84 bits per heavy atom. The SMILES string of the molecule is CCOc1cc(N(C)Cc2ccco2)c(N)cc1F. The first-order valence-corrected chi connectivity index (χ1v) is 6.07. The smallest absolute Gasteiger partial charge is 0.167 e. The van der Waals surface area contributed by atoms with Gasteiger partial charge >= 0.3 is 0 Å². The van der Waals surface area contributed by atoms with Gasteiger partial charge in [-0.3, -0.25) is 0 Å². The highest BCUT2D eigenvalue weighted by atomic mass is 19.1. The average molecular weight is 264 g/mol.